The van der Waals surface area contributed by atoms with Crippen LogP contribution in [-0.2, 0) is 17.9 Å². The highest BCUT2D eigenvalue weighted by Gasteiger charge is 2.22. The van der Waals surface area contributed by atoms with Crippen molar-refractivity contribution in [1.29, 1.82) is 0 Å². The topological polar surface area (TPSA) is 71.6 Å². The number of fused-ring (bicyclic) bond motifs is 1. The van der Waals surface area contributed by atoms with Gasteiger partial charge in [-0.2, -0.15) is 0 Å². The van der Waals surface area contributed by atoms with E-state index in [2.05, 4.69) is 22.4 Å². The molecule has 9 heteroatoms. The Morgan fingerprint density at radius 1 is 1.03 bits per heavy atom. The van der Waals surface area contributed by atoms with Gasteiger partial charge in [0.2, 0.25) is 5.91 Å². The van der Waals surface area contributed by atoms with Gasteiger partial charge in [-0.05, 0) is 35.7 Å². The molecular formula is C24H24N4O3S2. The molecule has 4 heterocycles. The van der Waals surface area contributed by atoms with Crippen molar-refractivity contribution >= 4 is 39.9 Å². The second-order valence-electron chi connectivity index (χ2n) is 7.91. The van der Waals surface area contributed by atoms with Gasteiger partial charge in [0.1, 0.15) is 5.76 Å². The molecule has 170 valence electrons. The lowest BCUT2D eigenvalue weighted by Crippen LogP contribution is -2.48. The molecular weight excluding hydrogens is 456 g/mol. The van der Waals surface area contributed by atoms with Gasteiger partial charge in [0.25, 0.3) is 5.56 Å². The zero-order valence-electron chi connectivity index (χ0n) is 18.1. The number of piperazine rings is 1. The quantitative estimate of drug-likeness (QED) is 0.298. The number of carbonyl (C=O) groups excluding carboxylic acids is 1. The van der Waals surface area contributed by atoms with Gasteiger partial charge in [-0.3, -0.25) is 19.1 Å². The number of hydrogen-bond acceptors (Lipinski definition) is 7. The van der Waals surface area contributed by atoms with E-state index in [1.165, 1.54) is 16.6 Å². The number of thioether (sulfide) groups is 1. The lowest BCUT2D eigenvalue weighted by molar-refractivity contribution is -0.130. The Morgan fingerprint density at radius 3 is 2.64 bits per heavy atom. The molecule has 0 N–H and O–H groups in total. The summed E-state index contributed by atoms with van der Waals surface area (Å²) < 4.78 is 7.05. The Balaban J connectivity index is 1.27. The number of hydrogen-bond donors (Lipinski definition) is 0. The van der Waals surface area contributed by atoms with Crippen molar-refractivity contribution in [3.05, 3.63) is 81.2 Å². The second-order valence-corrected chi connectivity index (χ2v) is 9.88. The van der Waals surface area contributed by atoms with Crippen LogP contribution in [-0.4, -0.2) is 57.2 Å². The normalized spacial score (nSPS) is 14.7. The third-order valence-corrected chi connectivity index (χ3v) is 7.55. The lowest BCUT2D eigenvalue weighted by Gasteiger charge is -2.34. The van der Waals surface area contributed by atoms with Crippen LogP contribution in [0.1, 0.15) is 10.6 Å². The van der Waals surface area contributed by atoms with Crippen LogP contribution in [0, 0.1) is 0 Å². The Bertz CT molecular complexity index is 1280. The first-order valence-electron chi connectivity index (χ1n) is 10.8. The van der Waals surface area contributed by atoms with E-state index >= 15 is 0 Å². The van der Waals surface area contributed by atoms with Gasteiger partial charge in [0.15, 0.2) is 5.16 Å². The van der Waals surface area contributed by atoms with Crippen molar-refractivity contribution in [2.24, 2.45) is 0 Å². The van der Waals surface area contributed by atoms with Crippen molar-refractivity contribution < 1.29 is 9.21 Å². The van der Waals surface area contributed by atoms with E-state index in [0.29, 0.717) is 21.8 Å². The van der Waals surface area contributed by atoms with Crippen molar-refractivity contribution in [3.63, 3.8) is 0 Å². The number of amides is 1. The monoisotopic (exact) mass is 480 g/mol. The van der Waals surface area contributed by atoms with Crippen LogP contribution in [0.2, 0.25) is 0 Å². The van der Waals surface area contributed by atoms with Gasteiger partial charge < -0.3 is 9.32 Å². The van der Waals surface area contributed by atoms with E-state index in [4.69, 9.17) is 9.40 Å². The Kier molecular flexibility index (Phi) is 6.61. The highest BCUT2D eigenvalue weighted by molar-refractivity contribution is 7.99. The Hall–Kier alpha value is -2.88. The molecule has 1 aromatic carbocycles. The van der Waals surface area contributed by atoms with Crippen LogP contribution < -0.4 is 5.56 Å². The highest BCUT2D eigenvalue weighted by Crippen LogP contribution is 2.20. The molecule has 4 aromatic rings. The molecule has 0 radical (unpaired) electrons. The Labute approximate surface area is 199 Å². The molecule has 0 atom stereocenters. The van der Waals surface area contributed by atoms with Gasteiger partial charge in [-0.15, -0.1) is 11.3 Å². The molecule has 5 rings (SSSR count). The summed E-state index contributed by atoms with van der Waals surface area (Å²) in [6.07, 6.45) is 1.59. The van der Waals surface area contributed by atoms with Crippen molar-refractivity contribution in [2.75, 3.05) is 31.9 Å². The molecule has 33 heavy (non-hydrogen) atoms. The number of para-hydroxylation sites is 1. The maximum Gasteiger partial charge on any atom is 0.262 e. The SMILES string of the molecule is O=C(CSc1nc2ccccc2c(=O)n1Cc1ccco1)N1CCN(Cc2cccs2)CC1. The van der Waals surface area contributed by atoms with E-state index in [0.717, 1.165) is 32.7 Å². The van der Waals surface area contributed by atoms with Crippen LogP contribution in [0.3, 0.4) is 0 Å². The average molecular weight is 481 g/mol. The maximum atomic E-state index is 13.2. The van der Waals surface area contributed by atoms with Gasteiger partial charge in [0, 0.05) is 37.6 Å². The number of nitrogens with zero attached hydrogens (tertiary/aromatic N) is 4. The standard InChI is InChI=1S/C24H24N4O3S2/c29-22(27-11-9-26(10-12-27)16-19-6-4-14-32-19)17-33-24-25-21-8-2-1-7-20(21)23(30)28(24)15-18-5-3-13-31-18/h1-8,13-14H,9-12,15-17H2. The summed E-state index contributed by atoms with van der Waals surface area (Å²) in [5, 5.41) is 3.18. The summed E-state index contributed by atoms with van der Waals surface area (Å²) in [7, 11) is 0. The van der Waals surface area contributed by atoms with Gasteiger partial charge in [-0.1, -0.05) is 30.0 Å². The van der Waals surface area contributed by atoms with E-state index in [9.17, 15) is 9.59 Å². The zero-order chi connectivity index (χ0) is 22.6. The summed E-state index contributed by atoms with van der Waals surface area (Å²) in [6, 6.07) is 15.1. The van der Waals surface area contributed by atoms with Crippen LogP contribution in [0.4, 0.5) is 0 Å². The number of benzene rings is 1. The lowest BCUT2D eigenvalue weighted by atomic mass is 10.2. The molecule has 1 saturated heterocycles. The zero-order valence-corrected chi connectivity index (χ0v) is 19.7. The van der Waals surface area contributed by atoms with Crippen LogP contribution >= 0.6 is 23.1 Å². The molecule has 1 fully saturated rings. The van der Waals surface area contributed by atoms with Crippen LogP contribution in [0.15, 0.2) is 74.5 Å². The van der Waals surface area contributed by atoms with Crippen molar-refractivity contribution in [2.45, 2.75) is 18.2 Å². The highest BCUT2D eigenvalue weighted by atomic mass is 32.2. The number of aromatic nitrogens is 2. The fourth-order valence-electron chi connectivity index (χ4n) is 3.95. The number of furan rings is 1. The van der Waals surface area contributed by atoms with E-state index < -0.39 is 0 Å². The fourth-order valence-corrected chi connectivity index (χ4v) is 5.60. The first-order chi connectivity index (χ1) is 16.2. The number of carbonyl (C=O) groups is 1. The number of rotatable bonds is 7. The van der Waals surface area contributed by atoms with Crippen LogP contribution in [0.5, 0.6) is 0 Å². The molecule has 7 nitrogen and oxygen atoms in total. The van der Waals surface area contributed by atoms with E-state index in [1.807, 2.05) is 29.2 Å². The summed E-state index contributed by atoms with van der Waals surface area (Å²) in [4.78, 5) is 36.4. The number of thiophene rings is 1. The predicted octanol–water partition coefficient (Wildman–Crippen LogP) is 3.54. The largest absolute Gasteiger partial charge is 0.467 e. The minimum Gasteiger partial charge on any atom is -0.467 e. The van der Waals surface area contributed by atoms with Crippen molar-refractivity contribution in [3.8, 4) is 0 Å². The summed E-state index contributed by atoms with van der Waals surface area (Å²) in [5.41, 5.74) is 0.504. The third-order valence-electron chi connectivity index (χ3n) is 5.73. The smallest absolute Gasteiger partial charge is 0.262 e. The molecule has 1 aliphatic rings. The molecule has 3 aromatic heterocycles. The summed E-state index contributed by atoms with van der Waals surface area (Å²) in [5.74, 6) is 0.986. The summed E-state index contributed by atoms with van der Waals surface area (Å²) in [6.45, 7) is 4.39. The minimum atomic E-state index is -0.130. The van der Waals surface area contributed by atoms with E-state index in [-0.39, 0.29) is 23.8 Å². The van der Waals surface area contributed by atoms with Crippen molar-refractivity contribution in [1.82, 2.24) is 19.4 Å². The second kappa shape index (κ2) is 9.94. The maximum absolute atomic E-state index is 13.2. The first kappa shape index (κ1) is 21.9. The molecule has 0 unspecified atom stereocenters. The van der Waals surface area contributed by atoms with Gasteiger partial charge >= 0.3 is 0 Å². The minimum absolute atomic E-state index is 0.0720. The third kappa shape index (κ3) is 5.05. The molecule has 0 aliphatic carbocycles. The summed E-state index contributed by atoms with van der Waals surface area (Å²) >= 11 is 3.08. The average Bonchev–Trinajstić information content (AvgIpc) is 3.55. The van der Waals surface area contributed by atoms with Crippen LogP contribution in [0.25, 0.3) is 10.9 Å². The molecule has 0 spiro atoms. The van der Waals surface area contributed by atoms with Gasteiger partial charge in [0.05, 0.1) is 29.5 Å². The molecule has 1 amide bonds. The fraction of sp³-hybridized carbons (Fsp3) is 0.292. The first-order valence-corrected chi connectivity index (χ1v) is 12.7. The van der Waals surface area contributed by atoms with E-state index in [1.54, 1.807) is 34.3 Å². The molecule has 0 saturated carbocycles. The molecule has 1 aliphatic heterocycles. The van der Waals surface area contributed by atoms with Gasteiger partial charge in [-0.25, -0.2) is 4.98 Å². The Morgan fingerprint density at radius 2 is 1.88 bits per heavy atom. The predicted molar refractivity (Wildman–Crippen MR) is 131 cm³/mol. The molecule has 0 bridgehead atoms.